The standard InChI is InChI=1S/C24H21FN2O3S/c1-26(19-10-3-2-4-11-19)24(28)16-27-15-23(20-12-6-8-14-22(20)27)31(29,30)17-18-9-5-7-13-21(18)25/h2-15H,16-17H2,1H3. The van der Waals surface area contributed by atoms with E-state index in [2.05, 4.69) is 0 Å². The van der Waals surface area contributed by atoms with Crippen LogP contribution in [-0.4, -0.2) is 25.9 Å². The summed E-state index contributed by atoms with van der Waals surface area (Å²) in [7, 11) is -2.16. The number of aromatic nitrogens is 1. The molecule has 158 valence electrons. The summed E-state index contributed by atoms with van der Waals surface area (Å²) in [6.45, 7) is -0.0267. The fourth-order valence-electron chi connectivity index (χ4n) is 3.54. The minimum absolute atomic E-state index is 0.0267. The van der Waals surface area contributed by atoms with E-state index in [-0.39, 0.29) is 22.9 Å². The fraction of sp³-hybridized carbons (Fsp3) is 0.125. The van der Waals surface area contributed by atoms with Crippen molar-refractivity contribution in [2.45, 2.75) is 17.2 Å². The highest BCUT2D eigenvalue weighted by Crippen LogP contribution is 2.29. The molecule has 7 heteroatoms. The average molecular weight is 437 g/mol. The van der Waals surface area contributed by atoms with Gasteiger partial charge in [-0.15, -0.1) is 0 Å². The Morgan fingerprint density at radius 1 is 0.935 bits per heavy atom. The predicted octanol–water partition coefficient (Wildman–Crippen LogP) is 4.42. The summed E-state index contributed by atoms with van der Waals surface area (Å²) in [6.07, 6.45) is 1.47. The van der Waals surface area contributed by atoms with Crippen molar-refractivity contribution in [2.24, 2.45) is 0 Å². The lowest BCUT2D eigenvalue weighted by Crippen LogP contribution is -2.29. The lowest BCUT2D eigenvalue weighted by molar-refractivity contribution is -0.118. The van der Waals surface area contributed by atoms with E-state index in [4.69, 9.17) is 0 Å². The van der Waals surface area contributed by atoms with Crippen molar-refractivity contribution in [1.29, 1.82) is 0 Å². The molecule has 0 aliphatic rings. The topological polar surface area (TPSA) is 59.4 Å². The van der Waals surface area contributed by atoms with Crippen LogP contribution in [0.4, 0.5) is 10.1 Å². The minimum Gasteiger partial charge on any atom is -0.337 e. The first-order chi connectivity index (χ1) is 14.9. The molecule has 0 saturated carbocycles. The molecule has 4 rings (SSSR count). The van der Waals surface area contributed by atoms with Crippen LogP contribution < -0.4 is 4.90 Å². The molecule has 0 bridgehead atoms. The van der Waals surface area contributed by atoms with Gasteiger partial charge in [-0.3, -0.25) is 4.79 Å². The average Bonchev–Trinajstić information content (AvgIpc) is 3.15. The molecule has 0 saturated heterocycles. The maximum atomic E-state index is 14.1. The normalized spacial score (nSPS) is 11.5. The monoisotopic (exact) mass is 436 g/mol. The quantitative estimate of drug-likeness (QED) is 0.450. The van der Waals surface area contributed by atoms with Crippen molar-refractivity contribution in [2.75, 3.05) is 11.9 Å². The summed E-state index contributed by atoms with van der Waals surface area (Å²) < 4.78 is 42.0. The number of likely N-dealkylation sites (N-methyl/N-ethyl adjacent to an activating group) is 1. The van der Waals surface area contributed by atoms with Gasteiger partial charge < -0.3 is 9.47 Å². The molecule has 0 radical (unpaired) electrons. The van der Waals surface area contributed by atoms with E-state index in [1.165, 1.54) is 29.3 Å². The molecular weight excluding hydrogens is 415 g/mol. The molecule has 0 aliphatic carbocycles. The van der Waals surface area contributed by atoms with Crippen molar-refractivity contribution < 1.29 is 17.6 Å². The molecule has 1 aromatic heterocycles. The molecule has 0 aliphatic heterocycles. The van der Waals surface area contributed by atoms with Crippen LogP contribution in [0.1, 0.15) is 5.56 Å². The number of sulfone groups is 1. The Morgan fingerprint density at radius 2 is 1.58 bits per heavy atom. The van der Waals surface area contributed by atoms with Crippen LogP contribution in [-0.2, 0) is 26.9 Å². The number of nitrogens with zero attached hydrogens (tertiary/aromatic N) is 2. The zero-order chi connectivity index (χ0) is 22.0. The minimum atomic E-state index is -3.84. The Morgan fingerprint density at radius 3 is 2.32 bits per heavy atom. The Hall–Kier alpha value is -3.45. The third-order valence-electron chi connectivity index (χ3n) is 5.21. The lowest BCUT2D eigenvalue weighted by atomic mass is 10.2. The van der Waals surface area contributed by atoms with E-state index in [0.29, 0.717) is 10.9 Å². The number of rotatable bonds is 6. The van der Waals surface area contributed by atoms with E-state index < -0.39 is 21.4 Å². The first-order valence-electron chi connectivity index (χ1n) is 9.72. The van der Waals surface area contributed by atoms with Gasteiger partial charge in [0.25, 0.3) is 0 Å². The fourth-order valence-corrected chi connectivity index (χ4v) is 5.13. The van der Waals surface area contributed by atoms with Crippen LogP contribution in [0.15, 0.2) is 90.0 Å². The van der Waals surface area contributed by atoms with E-state index in [0.717, 1.165) is 5.69 Å². The molecule has 3 aromatic carbocycles. The van der Waals surface area contributed by atoms with Gasteiger partial charge in [-0.1, -0.05) is 54.6 Å². The highest BCUT2D eigenvalue weighted by Gasteiger charge is 2.24. The van der Waals surface area contributed by atoms with Crippen molar-refractivity contribution in [3.8, 4) is 0 Å². The largest absolute Gasteiger partial charge is 0.337 e. The summed E-state index contributed by atoms with van der Waals surface area (Å²) in [5.41, 5.74) is 1.49. The summed E-state index contributed by atoms with van der Waals surface area (Å²) in [6, 6.07) is 22.1. The van der Waals surface area contributed by atoms with Crippen LogP contribution in [0.25, 0.3) is 10.9 Å². The van der Waals surface area contributed by atoms with Gasteiger partial charge in [-0.25, -0.2) is 12.8 Å². The second-order valence-corrected chi connectivity index (χ2v) is 9.24. The van der Waals surface area contributed by atoms with Crippen molar-refractivity contribution in [1.82, 2.24) is 4.57 Å². The van der Waals surface area contributed by atoms with E-state index in [9.17, 15) is 17.6 Å². The second kappa shape index (κ2) is 8.35. The van der Waals surface area contributed by atoms with Gasteiger partial charge in [0.2, 0.25) is 5.91 Å². The predicted molar refractivity (Wildman–Crippen MR) is 119 cm³/mol. The van der Waals surface area contributed by atoms with Gasteiger partial charge in [0, 0.05) is 35.4 Å². The maximum absolute atomic E-state index is 14.1. The Kier molecular flexibility index (Phi) is 5.61. The Labute approximate surface area is 180 Å². The third-order valence-corrected chi connectivity index (χ3v) is 6.90. The Balaban J connectivity index is 1.69. The molecule has 4 aromatic rings. The van der Waals surface area contributed by atoms with Crippen LogP contribution in [0.2, 0.25) is 0 Å². The number of hydrogen-bond acceptors (Lipinski definition) is 3. The number of amides is 1. The second-order valence-electron chi connectivity index (χ2n) is 7.28. The summed E-state index contributed by atoms with van der Waals surface area (Å²) >= 11 is 0. The van der Waals surface area contributed by atoms with E-state index in [1.54, 1.807) is 41.9 Å². The van der Waals surface area contributed by atoms with E-state index >= 15 is 0 Å². The molecule has 0 fully saturated rings. The summed E-state index contributed by atoms with van der Waals surface area (Å²) in [5.74, 6) is -1.20. The number of fused-ring (bicyclic) bond motifs is 1. The number of halogens is 1. The highest BCUT2D eigenvalue weighted by molar-refractivity contribution is 7.90. The molecule has 1 amide bonds. The lowest BCUT2D eigenvalue weighted by Gasteiger charge is -2.18. The molecule has 0 unspecified atom stereocenters. The molecule has 1 heterocycles. The molecular formula is C24H21FN2O3S. The number of benzene rings is 3. The van der Waals surface area contributed by atoms with Gasteiger partial charge in [-0.2, -0.15) is 0 Å². The summed E-state index contributed by atoms with van der Waals surface area (Å²) in [4.78, 5) is 14.5. The van der Waals surface area contributed by atoms with Gasteiger partial charge in [0.15, 0.2) is 9.84 Å². The molecule has 0 atom stereocenters. The summed E-state index contributed by atoms with van der Waals surface area (Å²) in [5, 5.41) is 0.508. The van der Waals surface area contributed by atoms with Crippen LogP contribution >= 0.6 is 0 Å². The number of carbonyl (C=O) groups excluding carboxylic acids is 1. The van der Waals surface area contributed by atoms with Crippen LogP contribution in [0.5, 0.6) is 0 Å². The SMILES string of the molecule is CN(C(=O)Cn1cc(S(=O)(=O)Cc2ccccc2F)c2ccccc21)c1ccccc1. The number of carbonyl (C=O) groups is 1. The first-order valence-corrected chi connectivity index (χ1v) is 11.4. The smallest absolute Gasteiger partial charge is 0.246 e. The van der Waals surface area contributed by atoms with Crippen LogP contribution in [0.3, 0.4) is 0 Å². The molecule has 31 heavy (non-hydrogen) atoms. The number of para-hydroxylation sites is 2. The molecule has 5 nitrogen and oxygen atoms in total. The first kappa shape index (κ1) is 20.8. The van der Waals surface area contributed by atoms with Crippen molar-refractivity contribution in [3.05, 3.63) is 96.4 Å². The molecule has 0 spiro atoms. The zero-order valence-electron chi connectivity index (χ0n) is 16.9. The highest BCUT2D eigenvalue weighted by atomic mass is 32.2. The molecule has 0 N–H and O–H groups in total. The van der Waals surface area contributed by atoms with Crippen LogP contribution in [0, 0.1) is 5.82 Å². The number of hydrogen-bond donors (Lipinski definition) is 0. The van der Waals surface area contributed by atoms with E-state index in [1.807, 2.05) is 30.3 Å². The van der Waals surface area contributed by atoms with Gasteiger partial charge in [0.05, 0.1) is 10.6 Å². The van der Waals surface area contributed by atoms with Crippen molar-refractivity contribution >= 4 is 32.3 Å². The number of anilines is 1. The van der Waals surface area contributed by atoms with Crippen molar-refractivity contribution in [3.63, 3.8) is 0 Å². The van der Waals surface area contributed by atoms with Gasteiger partial charge in [-0.05, 0) is 24.3 Å². The van der Waals surface area contributed by atoms with Gasteiger partial charge in [0.1, 0.15) is 12.4 Å². The zero-order valence-corrected chi connectivity index (χ0v) is 17.7. The van der Waals surface area contributed by atoms with Gasteiger partial charge >= 0.3 is 0 Å². The third kappa shape index (κ3) is 4.22. The maximum Gasteiger partial charge on any atom is 0.246 e. The Bertz CT molecular complexity index is 1350.